The van der Waals surface area contributed by atoms with Gasteiger partial charge in [-0.05, 0) is 46.3 Å². The zero-order valence-electron chi connectivity index (χ0n) is 10.1. The minimum absolute atomic E-state index is 0.0662. The molecular formula is C14H6Br2F4O. The maximum Gasteiger partial charge on any atom is 0.416 e. The van der Waals surface area contributed by atoms with Gasteiger partial charge in [0.05, 0.1) is 15.6 Å². The number of carbonyl (C=O) groups excluding carboxylic acids is 1. The highest BCUT2D eigenvalue weighted by Gasteiger charge is 2.32. The average molecular weight is 426 g/mol. The molecule has 2 aromatic rings. The van der Waals surface area contributed by atoms with Gasteiger partial charge in [-0.15, -0.1) is 0 Å². The Morgan fingerprint density at radius 3 is 2.24 bits per heavy atom. The van der Waals surface area contributed by atoms with Crippen LogP contribution in [0.5, 0.6) is 0 Å². The third-order valence-corrected chi connectivity index (χ3v) is 4.04. The zero-order chi connectivity index (χ0) is 15.8. The van der Waals surface area contributed by atoms with Crippen LogP contribution >= 0.6 is 31.9 Å². The Labute approximate surface area is 134 Å². The maximum atomic E-state index is 13.9. The van der Waals surface area contributed by atoms with Crippen molar-refractivity contribution < 1.29 is 22.4 Å². The summed E-state index contributed by atoms with van der Waals surface area (Å²) in [7, 11) is 0. The predicted molar refractivity (Wildman–Crippen MR) is 76.7 cm³/mol. The maximum absolute atomic E-state index is 13.9. The van der Waals surface area contributed by atoms with E-state index < -0.39 is 23.3 Å². The normalized spacial score (nSPS) is 11.5. The molecule has 0 spiro atoms. The first-order valence-corrected chi connectivity index (χ1v) is 7.16. The van der Waals surface area contributed by atoms with Gasteiger partial charge in [-0.2, -0.15) is 13.2 Å². The van der Waals surface area contributed by atoms with Gasteiger partial charge in [0.2, 0.25) is 0 Å². The molecule has 0 heterocycles. The van der Waals surface area contributed by atoms with Crippen LogP contribution in [0.3, 0.4) is 0 Å². The van der Waals surface area contributed by atoms with E-state index >= 15 is 0 Å². The molecule has 110 valence electrons. The highest BCUT2D eigenvalue weighted by molar-refractivity contribution is 9.10. The second kappa shape index (κ2) is 5.88. The molecule has 7 heteroatoms. The molecule has 0 radical (unpaired) electrons. The Morgan fingerprint density at radius 2 is 1.62 bits per heavy atom. The summed E-state index contributed by atoms with van der Waals surface area (Å²) in [6.07, 6.45) is -4.58. The number of alkyl halides is 3. The molecule has 0 aliphatic rings. The van der Waals surface area contributed by atoms with E-state index in [-0.39, 0.29) is 20.1 Å². The first-order chi connectivity index (χ1) is 9.71. The molecule has 0 amide bonds. The molecule has 0 aliphatic carbocycles. The van der Waals surface area contributed by atoms with Crippen LogP contribution in [-0.2, 0) is 6.18 Å². The number of hydrogen-bond acceptors (Lipinski definition) is 1. The molecule has 0 bridgehead atoms. The lowest BCUT2D eigenvalue weighted by atomic mass is 10.0. The molecule has 0 N–H and O–H groups in total. The smallest absolute Gasteiger partial charge is 0.288 e. The highest BCUT2D eigenvalue weighted by Crippen LogP contribution is 2.33. The molecule has 0 unspecified atom stereocenters. The van der Waals surface area contributed by atoms with E-state index in [0.717, 1.165) is 12.1 Å². The number of halogens is 6. The molecule has 0 saturated carbocycles. The van der Waals surface area contributed by atoms with Gasteiger partial charge < -0.3 is 0 Å². The summed E-state index contributed by atoms with van der Waals surface area (Å²) in [5, 5.41) is 0. The van der Waals surface area contributed by atoms with Crippen molar-refractivity contribution in [3.05, 3.63) is 67.9 Å². The molecule has 0 saturated heterocycles. The van der Waals surface area contributed by atoms with E-state index in [1.54, 1.807) is 0 Å². The fourth-order valence-electron chi connectivity index (χ4n) is 1.70. The van der Waals surface area contributed by atoms with Crippen LogP contribution in [0.25, 0.3) is 0 Å². The van der Waals surface area contributed by atoms with Crippen molar-refractivity contribution in [2.75, 3.05) is 0 Å². The number of hydrogen-bond donors (Lipinski definition) is 0. The lowest BCUT2D eigenvalue weighted by Gasteiger charge is -2.10. The Kier molecular flexibility index (Phi) is 4.53. The molecule has 1 nitrogen and oxygen atoms in total. The van der Waals surface area contributed by atoms with Crippen molar-refractivity contribution in [1.29, 1.82) is 0 Å². The largest absolute Gasteiger partial charge is 0.416 e. The predicted octanol–water partition coefficient (Wildman–Crippen LogP) is 5.60. The number of carbonyl (C=O) groups is 1. The lowest BCUT2D eigenvalue weighted by Crippen LogP contribution is -2.10. The SMILES string of the molecule is O=C(c1cc(C(F)(F)F)ccc1Br)c1cccc(Br)c1F. The van der Waals surface area contributed by atoms with Crippen molar-refractivity contribution in [1.82, 2.24) is 0 Å². The lowest BCUT2D eigenvalue weighted by molar-refractivity contribution is -0.137. The summed E-state index contributed by atoms with van der Waals surface area (Å²) in [6, 6.07) is 6.71. The third-order valence-electron chi connectivity index (χ3n) is 2.73. The second-order valence-corrected chi connectivity index (χ2v) is 5.83. The summed E-state index contributed by atoms with van der Waals surface area (Å²) in [5.41, 5.74) is -1.52. The quantitative estimate of drug-likeness (QED) is 0.452. The van der Waals surface area contributed by atoms with Crippen molar-refractivity contribution in [3.8, 4) is 0 Å². The van der Waals surface area contributed by atoms with Crippen LogP contribution in [0.4, 0.5) is 17.6 Å². The van der Waals surface area contributed by atoms with Crippen LogP contribution in [0.2, 0.25) is 0 Å². The fraction of sp³-hybridized carbons (Fsp3) is 0.0714. The highest BCUT2D eigenvalue weighted by atomic mass is 79.9. The van der Waals surface area contributed by atoms with Crippen LogP contribution in [0.15, 0.2) is 45.3 Å². The van der Waals surface area contributed by atoms with Gasteiger partial charge >= 0.3 is 6.18 Å². The van der Waals surface area contributed by atoms with Gasteiger partial charge in [0.15, 0.2) is 5.78 Å². The number of rotatable bonds is 2. The number of ketones is 1. The van der Waals surface area contributed by atoms with E-state index in [4.69, 9.17) is 0 Å². The van der Waals surface area contributed by atoms with Gasteiger partial charge in [0.25, 0.3) is 0 Å². The van der Waals surface area contributed by atoms with Crippen LogP contribution < -0.4 is 0 Å². The summed E-state index contributed by atoms with van der Waals surface area (Å²) in [6.45, 7) is 0. The van der Waals surface area contributed by atoms with Gasteiger partial charge in [-0.25, -0.2) is 4.39 Å². The molecule has 2 aromatic carbocycles. The van der Waals surface area contributed by atoms with Crippen molar-refractivity contribution >= 4 is 37.6 Å². The van der Waals surface area contributed by atoms with Crippen molar-refractivity contribution in [2.24, 2.45) is 0 Å². The van der Waals surface area contributed by atoms with E-state index in [2.05, 4.69) is 31.9 Å². The number of benzene rings is 2. The van der Waals surface area contributed by atoms with Gasteiger partial charge in [0.1, 0.15) is 5.82 Å². The van der Waals surface area contributed by atoms with Gasteiger partial charge in [0, 0.05) is 10.0 Å². The molecule has 0 aliphatic heterocycles. The van der Waals surface area contributed by atoms with E-state index in [1.165, 1.54) is 18.2 Å². The second-order valence-electron chi connectivity index (χ2n) is 4.12. The Morgan fingerprint density at radius 1 is 0.952 bits per heavy atom. The topological polar surface area (TPSA) is 17.1 Å². The van der Waals surface area contributed by atoms with Crippen LogP contribution in [0.1, 0.15) is 21.5 Å². The Bertz CT molecular complexity index is 711. The molecule has 2 rings (SSSR count). The molecule has 0 atom stereocenters. The molecule has 21 heavy (non-hydrogen) atoms. The summed E-state index contributed by atoms with van der Waals surface area (Å²) < 4.78 is 52.2. The zero-order valence-corrected chi connectivity index (χ0v) is 13.3. The first kappa shape index (κ1) is 16.2. The van der Waals surface area contributed by atoms with E-state index in [9.17, 15) is 22.4 Å². The van der Waals surface area contributed by atoms with Crippen LogP contribution in [-0.4, -0.2) is 5.78 Å². The molecule has 0 fully saturated rings. The minimum atomic E-state index is -4.58. The fourth-order valence-corrected chi connectivity index (χ4v) is 2.49. The molecular weight excluding hydrogens is 420 g/mol. The summed E-state index contributed by atoms with van der Waals surface area (Å²) in [5.74, 6) is -1.64. The summed E-state index contributed by atoms with van der Waals surface area (Å²) >= 11 is 5.95. The summed E-state index contributed by atoms with van der Waals surface area (Å²) in [4.78, 5) is 12.3. The third kappa shape index (κ3) is 3.35. The monoisotopic (exact) mass is 424 g/mol. The average Bonchev–Trinajstić information content (AvgIpc) is 2.40. The molecule has 0 aromatic heterocycles. The standard InChI is InChI=1S/C14H6Br2F4O/c15-10-5-4-7(14(18,19)20)6-9(10)13(21)8-2-1-3-11(16)12(8)17/h1-6H. The van der Waals surface area contributed by atoms with Crippen molar-refractivity contribution in [3.63, 3.8) is 0 Å². The first-order valence-electron chi connectivity index (χ1n) is 5.57. The minimum Gasteiger partial charge on any atom is -0.288 e. The van der Waals surface area contributed by atoms with Crippen molar-refractivity contribution in [2.45, 2.75) is 6.18 Å². The Balaban J connectivity index is 2.56. The van der Waals surface area contributed by atoms with Gasteiger partial charge in [-0.1, -0.05) is 22.0 Å². The van der Waals surface area contributed by atoms with Crippen LogP contribution in [0, 0.1) is 5.82 Å². The van der Waals surface area contributed by atoms with Gasteiger partial charge in [-0.3, -0.25) is 4.79 Å². The van der Waals surface area contributed by atoms with E-state index in [0.29, 0.717) is 6.07 Å². The van der Waals surface area contributed by atoms with E-state index in [1.807, 2.05) is 0 Å². The Hall–Kier alpha value is -1.21.